The molecule has 0 fully saturated rings. The van der Waals surface area contributed by atoms with Gasteiger partial charge in [0.15, 0.2) is 6.61 Å². The molecule has 1 N–H and O–H groups in total. The predicted molar refractivity (Wildman–Crippen MR) is 108 cm³/mol. The first-order chi connectivity index (χ1) is 13.6. The van der Waals surface area contributed by atoms with Crippen molar-refractivity contribution < 1.29 is 18.7 Å². The SMILES string of the molecule is CCCCOCCCNC(=O)COc1cc(C)cc2oc(=O)c3c(c12)CCC3. The zero-order valence-electron chi connectivity index (χ0n) is 16.8. The van der Waals surface area contributed by atoms with Crippen molar-refractivity contribution in [3.63, 3.8) is 0 Å². The quantitative estimate of drug-likeness (QED) is 0.500. The Bertz CT molecular complexity index is 887. The molecule has 1 aliphatic carbocycles. The molecule has 1 aromatic carbocycles. The molecular weight excluding hydrogens is 358 g/mol. The number of fused-ring (bicyclic) bond motifs is 3. The van der Waals surface area contributed by atoms with Crippen molar-refractivity contribution in [2.24, 2.45) is 0 Å². The van der Waals surface area contributed by atoms with Crippen molar-refractivity contribution in [2.75, 3.05) is 26.4 Å². The second-order valence-corrected chi connectivity index (χ2v) is 7.29. The molecule has 0 atom stereocenters. The van der Waals surface area contributed by atoms with Crippen LogP contribution in [0.3, 0.4) is 0 Å². The van der Waals surface area contributed by atoms with E-state index in [1.54, 1.807) is 0 Å². The second kappa shape index (κ2) is 9.73. The molecule has 28 heavy (non-hydrogen) atoms. The number of unbranched alkanes of at least 4 members (excludes halogenated alkanes) is 1. The highest BCUT2D eigenvalue weighted by Crippen LogP contribution is 2.35. The summed E-state index contributed by atoms with van der Waals surface area (Å²) in [5, 5.41) is 3.68. The third kappa shape index (κ3) is 4.93. The van der Waals surface area contributed by atoms with Gasteiger partial charge in [-0.3, -0.25) is 4.79 Å². The molecule has 0 spiro atoms. The minimum Gasteiger partial charge on any atom is -0.483 e. The highest BCUT2D eigenvalue weighted by Gasteiger charge is 2.22. The Balaban J connectivity index is 1.59. The normalized spacial score (nSPS) is 12.9. The van der Waals surface area contributed by atoms with E-state index < -0.39 is 0 Å². The van der Waals surface area contributed by atoms with Gasteiger partial charge >= 0.3 is 5.63 Å². The molecule has 1 aromatic heterocycles. The van der Waals surface area contributed by atoms with Crippen molar-refractivity contribution in [2.45, 2.75) is 52.4 Å². The van der Waals surface area contributed by atoms with E-state index in [1.807, 2.05) is 19.1 Å². The molecule has 0 aliphatic heterocycles. The van der Waals surface area contributed by atoms with Crippen molar-refractivity contribution in [3.8, 4) is 5.75 Å². The maximum absolute atomic E-state index is 12.2. The van der Waals surface area contributed by atoms with Crippen LogP contribution in [0.15, 0.2) is 21.3 Å². The van der Waals surface area contributed by atoms with E-state index in [2.05, 4.69) is 12.2 Å². The Morgan fingerprint density at radius 2 is 1.96 bits per heavy atom. The van der Waals surface area contributed by atoms with Gasteiger partial charge in [0.1, 0.15) is 11.3 Å². The van der Waals surface area contributed by atoms with Gasteiger partial charge in [-0.1, -0.05) is 13.3 Å². The standard InChI is InChI=1S/C22H29NO5/c1-3-4-10-26-11-6-9-23-20(24)14-27-18-12-15(2)13-19-21(18)16-7-5-8-17(16)22(25)28-19/h12-13H,3-11,14H2,1-2H3,(H,23,24). The van der Waals surface area contributed by atoms with Crippen LogP contribution in [0, 0.1) is 6.92 Å². The fraction of sp³-hybridized carbons (Fsp3) is 0.545. The van der Waals surface area contributed by atoms with E-state index in [1.165, 1.54) is 0 Å². The van der Waals surface area contributed by atoms with Crippen molar-refractivity contribution in [1.82, 2.24) is 5.32 Å². The van der Waals surface area contributed by atoms with Crippen LogP contribution in [0.1, 0.15) is 49.3 Å². The molecule has 0 saturated carbocycles. The van der Waals surface area contributed by atoms with Crippen LogP contribution in [0.2, 0.25) is 0 Å². The maximum atomic E-state index is 12.2. The summed E-state index contributed by atoms with van der Waals surface area (Å²) < 4.78 is 16.8. The fourth-order valence-electron chi connectivity index (χ4n) is 3.56. The van der Waals surface area contributed by atoms with Gasteiger partial charge < -0.3 is 19.2 Å². The number of aryl methyl sites for hydroxylation is 2. The fourth-order valence-corrected chi connectivity index (χ4v) is 3.56. The zero-order chi connectivity index (χ0) is 19.9. The molecule has 1 aliphatic rings. The van der Waals surface area contributed by atoms with E-state index >= 15 is 0 Å². The predicted octanol–water partition coefficient (Wildman–Crippen LogP) is 3.29. The summed E-state index contributed by atoms with van der Waals surface area (Å²) in [5.74, 6) is 0.437. The molecular formula is C22H29NO5. The minimum atomic E-state index is -0.254. The number of amides is 1. The average molecular weight is 387 g/mol. The second-order valence-electron chi connectivity index (χ2n) is 7.29. The summed E-state index contributed by atoms with van der Waals surface area (Å²) in [6.07, 6.45) is 5.47. The molecule has 0 unspecified atom stereocenters. The smallest absolute Gasteiger partial charge is 0.339 e. The first-order valence-corrected chi connectivity index (χ1v) is 10.2. The van der Waals surface area contributed by atoms with Gasteiger partial charge in [-0.25, -0.2) is 4.79 Å². The Morgan fingerprint density at radius 1 is 1.18 bits per heavy atom. The summed E-state index contributed by atoms with van der Waals surface area (Å²) in [6.45, 7) is 5.96. The molecule has 3 rings (SSSR count). The summed E-state index contributed by atoms with van der Waals surface area (Å²) >= 11 is 0. The first-order valence-electron chi connectivity index (χ1n) is 10.2. The monoisotopic (exact) mass is 387 g/mol. The van der Waals surface area contributed by atoms with Gasteiger partial charge in [0.2, 0.25) is 0 Å². The van der Waals surface area contributed by atoms with Crippen molar-refractivity contribution in [1.29, 1.82) is 0 Å². The van der Waals surface area contributed by atoms with E-state index in [4.69, 9.17) is 13.9 Å². The molecule has 0 saturated heterocycles. The Morgan fingerprint density at radius 3 is 2.79 bits per heavy atom. The Labute approximate surface area is 165 Å². The Hall–Kier alpha value is -2.34. The molecule has 2 aromatic rings. The number of carbonyl (C=O) groups is 1. The summed E-state index contributed by atoms with van der Waals surface area (Å²) in [4.78, 5) is 24.3. The average Bonchev–Trinajstić information content (AvgIpc) is 3.15. The third-order valence-corrected chi connectivity index (χ3v) is 4.97. The van der Waals surface area contributed by atoms with Crippen LogP contribution in [0.25, 0.3) is 11.0 Å². The molecule has 6 heteroatoms. The molecule has 6 nitrogen and oxygen atoms in total. The molecule has 152 valence electrons. The molecule has 1 heterocycles. The highest BCUT2D eigenvalue weighted by molar-refractivity contribution is 5.89. The van der Waals surface area contributed by atoms with Gasteiger partial charge in [-0.15, -0.1) is 0 Å². The van der Waals surface area contributed by atoms with E-state index in [-0.39, 0.29) is 18.1 Å². The number of ether oxygens (including phenoxy) is 2. The van der Waals surface area contributed by atoms with Gasteiger partial charge in [0.25, 0.3) is 5.91 Å². The zero-order valence-corrected chi connectivity index (χ0v) is 16.8. The third-order valence-electron chi connectivity index (χ3n) is 4.97. The van der Waals surface area contributed by atoms with Crippen LogP contribution < -0.4 is 15.7 Å². The van der Waals surface area contributed by atoms with E-state index in [0.29, 0.717) is 24.5 Å². The maximum Gasteiger partial charge on any atom is 0.339 e. The van der Waals surface area contributed by atoms with Gasteiger partial charge in [0.05, 0.1) is 5.39 Å². The topological polar surface area (TPSA) is 77.8 Å². The van der Waals surface area contributed by atoms with Crippen molar-refractivity contribution >= 4 is 16.9 Å². The number of hydrogen-bond donors (Lipinski definition) is 1. The van der Waals surface area contributed by atoms with Crippen LogP contribution >= 0.6 is 0 Å². The number of carbonyl (C=O) groups excluding carboxylic acids is 1. The molecule has 0 bridgehead atoms. The van der Waals surface area contributed by atoms with E-state index in [9.17, 15) is 9.59 Å². The Kier molecular flexibility index (Phi) is 7.09. The largest absolute Gasteiger partial charge is 0.483 e. The number of nitrogens with one attached hydrogen (secondary N) is 1. The van der Waals surface area contributed by atoms with Crippen LogP contribution in [0.5, 0.6) is 5.75 Å². The van der Waals surface area contributed by atoms with Gasteiger partial charge in [-0.05, 0) is 62.3 Å². The van der Waals surface area contributed by atoms with Crippen LogP contribution in [0.4, 0.5) is 0 Å². The lowest BCUT2D eigenvalue weighted by molar-refractivity contribution is -0.123. The van der Waals surface area contributed by atoms with E-state index in [0.717, 1.165) is 67.2 Å². The van der Waals surface area contributed by atoms with Crippen molar-refractivity contribution in [3.05, 3.63) is 39.2 Å². The number of rotatable bonds is 10. The molecule has 0 radical (unpaired) electrons. The lowest BCUT2D eigenvalue weighted by atomic mass is 10.0. The number of hydrogen-bond acceptors (Lipinski definition) is 5. The van der Waals surface area contributed by atoms with Crippen LogP contribution in [-0.2, 0) is 22.4 Å². The van der Waals surface area contributed by atoms with Gasteiger partial charge in [-0.2, -0.15) is 0 Å². The lowest BCUT2D eigenvalue weighted by Gasteiger charge is -2.13. The summed E-state index contributed by atoms with van der Waals surface area (Å²) in [6, 6.07) is 3.75. The summed E-state index contributed by atoms with van der Waals surface area (Å²) in [7, 11) is 0. The lowest BCUT2D eigenvalue weighted by Crippen LogP contribution is -2.30. The molecule has 1 amide bonds. The van der Waals surface area contributed by atoms with Crippen LogP contribution in [-0.4, -0.2) is 32.3 Å². The highest BCUT2D eigenvalue weighted by atomic mass is 16.5. The number of benzene rings is 1. The minimum absolute atomic E-state index is 0.0663. The first kappa shape index (κ1) is 20.4. The van der Waals surface area contributed by atoms with Gasteiger partial charge in [0, 0.05) is 25.3 Å². The summed E-state index contributed by atoms with van der Waals surface area (Å²) in [5.41, 5.74) is 2.95.